The van der Waals surface area contributed by atoms with Gasteiger partial charge < -0.3 is 9.47 Å². The minimum atomic E-state index is -0.414. The molecule has 4 heteroatoms. The zero-order chi connectivity index (χ0) is 21.8. The average molecular weight is 429 g/mol. The standard InChI is InChI=1S/C27H40O4/c1-15-7-10-27(30-14-15)16(2)23-22(31-27)12-20-19-6-5-17-11-18(28)8-9-25(17,3)24(19)21(29)13-26(20,23)4/h15-17,19-20,22-24H,5-14H2,1-4H3/t15?,16-,17?,19-,20-,22-,23-,24+,25-,26-,27+/m0/s1. The molecule has 0 aromatic rings. The Labute approximate surface area is 187 Å². The maximum absolute atomic E-state index is 13.9. The second kappa shape index (κ2) is 6.65. The normalized spacial score (nSPS) is 58.6. The van der Waals surface area contributed by atoms with Gasteiger partial charge in [-0.2, -0.15) is 0 Å². The minimum absolute atomic E-state index is 0.0310. The van der Waals surface area contributed by atoms with Crippen LogP contribution in [0.15, 0.2) is 0 Å². The van der Waals surface area contributed by atoms with Crippen molar-refractivity contribution in [1.29, 1.82) is 0 Å². The molecule has 31 heavy (non-hydrogen) atoms. The van der Waals surface area contributed by atoms with Crippen molar-refractivity contribution >= 4 is 11.6 Å². The van der Waals surface area contributed by atoms with Gasteiger partial charge in [-0.1, -0.05) is 27.7 Å². The number of Topliss-reactive ketones (excluding diaryl/α,β-unsaturated/α-hetero) is 2. The first-order valence-corrected chi connectivity index (χ1v) is 13.0. The van der Waals surface area contributed by atoms with E-state index in [-0.39, 0.29) is 22.9 Å². The van der Waals surface area contributed by atoms with Crippen LogP contribution in [-0.4, -0.2) is 30.1 Å². The number of carbonyl (C=O) groups excluding carboxylic acids is 2. The zero-order valence-corrected chi connectivity index (χ0v) is 19.8. The molecule has 2 heterocycles. The summed E-state index contributed by atoms with van der Waals surface area (Å²) in [4.78, 5) is 26.0. The lowest BCUT2D eigenvalue weighted by Gasteiger charge is -2.59. The fraction of sp³-hybridized carbons (Fsp3) is 0.926. The van der Waals surface area contributed by atoms with E-state index in [9.17, 15) is 9.59 Å². The van der Waals surface area contributed by atoms with Crippen LogP contribution in [0.1, 0.15) is 85.5 Å². The van der Waals surface area contributed by atoms with Crippen LogP contribution in [0.4, 0.5) is 0 Å². The minimum Gasteiger partial charge on any atom is -0.349 e. The molecule has 0 radical (unpaired) electrons. The van der Waals surface area contributed by atoms with Gasteiger partial charge in [-0.15, -0.1) is 0 Å². The number of hydrogen-bond donors (Lipinski definition) is 0. The summed E-state index contributed by atoms with van der Waals surface area (Å²) in [5.41, 5.74) is 0.0647. The van der Waals surface area contributed by atoms with Crippen LogP contribution in [0.2, 0.25) is 0 Å². The Kier molecular flexibility index (Phi) is 4.47. The van der Waals surface area contributed by atoms with Gasteiger partial charge in [-0.25, -0.2) is 0 Å². The molecule has 4 nitrogen and oxygen atoms in total. The SMILES string of the molecule is CC1CC[C@@]2(OC1)O[C@H]1C[C@H]3[C@@H]4CCC5CC(=O)CC[C@]5(C)[C@H]4C(=O)C[C@]3(C)[C@H]1[C@@H]2C. The molecule has 2 aliphatic heterocycles. The quantitative estimate of drug-likeness (QED) is 0.533. The molecule has 6 aliphatic rings. The molecule has 1 spiro atoms. The Balaban J connectivity index is 1.30. The Morgan fingerprint density at radius 2 is 1.81 bits per heavy atom. The molecule has 6 fully saturated rings. The molecule has 0 amide bonds. The number of hydrogen-bond acceptors (Lipinski definition) is 4. The van der Waals surface area contributed by atoms with Crippen LogP contribution in [0, 0.1) is 52.3 Å². The molecular weight excluding hydrogens is 388 g/mol. The van der Waals surface area contributed by atoms with Crippen LogP contribution < -0.4 is 0 Å². The summed E-state index contributed by atoms with van der Waals surface area (Å²) in [6.45, 7) is 10.2. The highest BCUT2D eigenvalue weighted by molar-refractivity contribution is 5.85. The van der Waals surface area contributed by atoms with Crippen molar-refractivity contribution in [2.75, 3.05) is 6.61 Å². The molecule has 2 unspecified atom stereocenters. The maximum atomic E-state index is 13.9. The lowest BCUT2D eigenvalue weighted by molar-refractivity contribution is -0.272. The molecule has 0 bridgehead atoms. The Morgan fingerprint density at radius 3 is 2.55 bits per heavy atom. The predicted octanol–water partition coefficient (Wildman–Crippen LogP) is 5.18. The van der Waals surface area contributed by atoms with Gasteiger partial charge in [0.05, 0.1) is 12.7 Å². The van der Waals surface area contributed by atoms with E-state index < -0.39 is 5.79 Å². The third-order valence-corrected chi connectivity index (χ3v) is 11.4. The van der Waals surface area contributed by atoms with Gasteiger partial charge >= 0.3 is 0 Å². The van der Waals surface area contributed by atoms with Gasteiger partial charge in [0.1, 0.15) is 11.6 Å². The molecule has 0 aromatic heterocycles. The fourth-order valence-electron chi connectivity index (χ4n) is 9.88. The van der Waals surface area contributed by atoms with Crippen molar-refractivity contribution in [3.8, 4) is 0 Å². The largest absolute Gasteiger partial charge is 0.349 e. The van der Waals surface area contributed by atoms with Crippen molar-refractivity contribution in [1.82, 2.24) is 0 Å². The summed E-state index contributed by atoms with van der Waals surface area (Å²) < 4.78 is 13.2. The summed E-state index contributed by atoms with van der Waals surface area (Å²) in [7, 11) is 0. The van der Waals surface area contributed by atoms with E-state index >= 15 is 0 Å². The highest BCUT2D eigenvalue weighted by Crippen LogP contribution is 2.70. The van der Waals surface area contributed by atoms with E-state index in [0.29, 0.717) is 66.3 Å². The second-order valence-electron chi connectivity index (χ2n) is 12.9. The number of ketones is 2. The van der Waals surface area contributed by atoms with Gasteiger partial charge in [-0.3, -0.25) is 9.59 Å². The molecular formula is C27H40O4. The third-order valence-electron chi connectivity index (χ3n) is 11.4. The fourth-order valence-corrected chi connectivity index (χ4v) is 9.88. The Hall–Kier alpha value is -0.740. The van der Waals surface area contributed by atoms with Crippen LogP contribution in [0.3, 0.4) is 0 Å². The van der Waals surface area contributed by atoms with Crippen molar-refractivity contribution in [2.24, 2.45) is 52.3 Å². The monoisotopic (exact) mass is 428 g/mol. The van der Waals surface area contributed by atoms with Gasteiger partial charge in [0, 0.05) is 37.5 Å². The summed E-state index contributed by atoms with van der Waals surface area (Å²) >= 11 is 0. The summed E-state index contributed by atoms with van der Waals surface area (Å²) in [5.74, 6) is 3.51. The van der Waals surface area contributed by atoms with Crippen LogP contribution in [0.5, 0.6) is 0 Å². The van der Waals surface area contributed by atoms with E-state index in [0.717, 1.165) is 38.7 Å². The highest BCUT2D eigenvalue weighted by atomic mass is 16.7. The molecule has 172 valence electrons. The molecule has 6 rings (SSSR count). The smallest absolute Gasteiger partial charge is 0.171 e. The molecule has 2 saturated heterocycles. The van der Waals surface area contributed by atoms with Crippen LogP contribution in [-0.2, 0) is 19.1 Å². The van der Waals surface area contributed by atoms with Crippen LogP contribution >= 0.6 is 0 Å². The van der Waals surface area contributed by atoms with Crippen molar-refractivity contribution < 1.29 is 19.1 Å². The topological polar surface area (TPSA) is 52.6 Å². The third kappa shape index (κ3) is 2.67. The van der Waals surface area contributed by atoms with E-state index in [1.807, 2.05) is 0 Å². The van der Waals surface area contributed by atoms with Crippen molar-refractivity contribution in [2.45, 2.75) is 97.4 Å². The number of ether oxygens (including phenoxy) is 2. The van der Waals surface area contributed by atoms with Gasteiger partial charge in [0.15, 0.2) is 5.79 Å². The molecule has 4 aliphatic carbocycles. The summed E-state index contributed by atoms with van der Waals surface area (Å²) in [6.07, 6.45) is 8.76. The number of fused-ring (bicyclic) bond motifs is 7. The first kappa shape index (κ1) is 20.8. The van der Waals surface area contributed by atoms with Crippen LogP contribution in [0.25, 0.3) is 0 Å². The Bertz CT molecular complexity index is 797. The maximum Gasteiger partial charge on any atom is 0.171 e. The molecule has 0 N–H and O–H groups in total. The van der Waals surface area contributed by atoms with Crippen molar-refractivity contribution in [3.05, 3.63) is 0 Å². The van der Waals surface area contributed by atoms with Gasteiger partial charge in [0.2, 0.25) is 0 Å². The zero-order valence-electron chi connectivity index (χ0n) is 19.8. The lowest BCUT2D eigenvalue weighted by atomic mass is 9.44. The first-order valence-electron chi connectivity index (χ1n) is 13.0. The van der Waals surface area contributed by atoms with E-state index in [2.05, 4.69) is 27.7 Å². The number of carbonyl (C=O) groups is 2. The highest BCUT2D eigenvalue weighted by Gasteiger charge is 2.70. The first-order chi connectivity index (χ1) is 14.7. The lowest BCUT2D eigenvalue weighted by Crippen LogP contribution is -2.58. The Morgan fingerprint density at radius 1 is 1.00 bits per heavy atom. The van der Waals surface area contributed by atoms with E-state index in [4.69, 9.17) is 9.47 Å². The summed E-state index contributed by atoms with van der Waals surface area (Å²) in [6, 6.07) is 0. The van der Waals surface area contributed by atoms with Crippen molar-refractivity contribution in [3.63, 3.8) is 0 Å². The summed E-state index contributed by atoms with van der Waals surface area (Å²) in [5, 5.41) is 0. The predicted molar refractivity (Wildman–Crippen MR) is 117 cm³/mol. The molecule has 11 atom stereocenters. The second-order valence-corrected chi connectivity index (χ2v) is 12.9. The molecule has 4 saturated carbocycles. The van der Waals surface area contributed by atoms with E-state index in [1.165, 1.54) is 6.42 Å². The number of rotatable bonds is 0. The van der Waals surface area contributed by atoms with E-state index in [1.54, 1.807) is 0 Å². The van der Waals surface area contributed by atoms with Gasteiger partial charge in [0.25, 0.3) is 0 Å². The average Bonchev–Trinajstić information content (AvgIpc) is 3.15. The van der Waals surface area contributed by atoms with Gasteiger partial charge in [-0.05, 0) is 72.5 Å². The molecule has 0 aromatic carbocycles.